The van der Waals surface area contributed by atoms with Crippen molar-refractivity contribution in [3.63, 3.8) is 0 Å². The maximum atomic E-state index is 11.3. The lowest BCUT2D eigenvalue weighted by atomic mass is 10.2. The van der Waals surface area contributed by atoms with Crippen LogP contribution in [-0.4, -0.2) is 25.7 Å². The number of fused-ring (bicyclic) bond motifs is 1. The second kappa shape index (κ2) is 3.69. The van der Waals surface area contributed by atoms with Crippen LogP contribution < -0.4 is 5.73 Å². The van der Waals surface area contributed by atoms with Crippen LogP contribution in [0.2, 0.25) is 0 Å². The quantitative estimate of drug-likeness (QED) is 0.703. The van der Waals surface area contributed by atoms with Crippen molar-refractivity contribution in [2.45, 2.75) is 0 Å². The minimum absolute atomic E-state index is 0.446. The van der Waals surface area contributed by atoms with Crippen LogP contribution in [0.1, 0.15) is 10.5 Å². The maximum Gasteiger partial charge on any atom is 0.265 e. The molecule has 0 aliphatic heterocycles. The summed E-state index contributed by atoms with van der Waals surface area (Å²) in [7, 11) is 1.77. The Morgan fingerprint density at radius 2 is 2.28 bits per heavy atom. The van der Waals surface area contributed by atoms with Gasteiger partial charge in [-0.1, -0.05) is 0 Å². The Balaban J connectivity index is 2.23. The second-order valence-corrected chi connectivity index (χ2v) is 4.05. The molecule has 0 aromatic carbocycles. The first kappa shape index (κ1) is 10.5. The molecule has 3 aromatic heterocycles. The van der Waals surface area contributed by atoms with Crippen molar-refractivity contribution >= 4 is 16.9 Å². The van der Waals surface area contributed by atoms with E-state index in [1.165, 1.54) is 0 Å². The molecule has 0 saturated heterocycles. The monoisotopic (exact) mass is 241 g/mol. The number of aromatic amines is 1. The van der Waals surface area contributed by atoms with Crippen molar-refractivity contribution in [1.29, 1.82) is 0 Å². The molecule has 0 atom stereocenters. The molecule has 3 N–H and O–H groups in total. The van der Waals surface area contributed by atoms with Gasteiger partial charge in [0.15, 0.2) is 0 Å². The van der Waals surface area contributed by atoms with E-state index in [1.807, 2.05) is 12.1 Å². The summed E-state index contributed by atoms with van der Waals surface area (Å²) in [6, 6.07) is 5.54. The van der Waals surface area contributed by atoms with Crippen molar-refractivity contribution in [3.05, 3.63) is 36.3 Å². The van der Waals surface area contributed by atoms with Crippen LogP contribution >= 0.6 is 0 Å². The summed E-state index contributed by atoms with van der Waals surface area (Å²) < 4.78 is 1.70. The van der Waals surface area contributed by atoms with Crippen molar-refractivity contribution in [2.24, 2.45) is 12.8 Å². The predicted molar refractivity (Wildman–Crippen MR) is 66.8 cm³/mol. The number of hydrogen-bond donors (Lipinski definition) is 2. The minimum Gasteiger partial charge on any atom is -0.364 e. The average Bonchev–Trinajstić information content (AvgIpc) is 2.97. The number of H-pyrrole nitrogens is 1. The van der Waals surface area contributed by atoms with Gasteiger partial charge in [0.25, 0.3) is 5.91 Å². The highest BCUT2D eigenvalue weighted by atomic mass is 16.1. The molecular weight excluding hydrogens is 230 g/mol. The summed E-state index contributed by atoms with van der Waals surface area (Å²) in [5.41, 5.74) is 8.18. The SMILES string of the molecule is Cn1c(C(N)=O)cc2ccc(-c3cn[nH]c3)nc21. The van der Waals surface area contributed by atoms with Crippen LogP contribution in [0.25, 0.3) is 22.3 Å². The predicted octanol–water partition coefficient (Wildman–Crippen LogP) is 1.06. The number of nitrogens with one attached hydrogen (secondary N) is 1. The highest BCUT2D eigenvalue weighted by molar-refractivity contribution is 5.97. The number of aryl methyl sites for hydroxylation is 1. The summed E-state index contributed by atoms with van der Waals surface area (Å²) in [6.07, 6.45) is 3.47. The number of nitrogens with two attached hydrogens (primary N) is 1. The number of aromatic nitrogens is 4. The van der Waals surface area contributed by atoms with E-state index < -0.39 is 5.91 Å². The van der Waals surface area contributed by atoms with Crippen LogP contribution in [0.4, 0.5) is 0 Å². The number of nitrogens with zero attached hydrogens (tertiary/aromatic N) is 3. The van der Waals surface area contributed by atoms with Gasteiger partial charge in [-0.3, -0.25) is 9.89 Å². The van der Waals surface area contributed by atoms with Gasteiger partial charge in [-0.15, -0.1) is 0 Å². The molecule has 3 rings (SSSR count). The third kappa shape index (κ3) is 1.46. The molecule has 0 saturated carbocycles. The van der Waals surface area contributed by atoms with Crippen LogP contribution in [0, 0.1) is 0 Å². The normalized spacial score (nSPS) is 10.9. The number of hydrogen-bond acceptors (Lipinski definition) is 3. The van der Waals surface area contributed by atoms with E-state index in [4.69, 9.17) is 5.73 Å². The Labute approximate surface area is 102 Å². The fourth-order valence-electron chi connectivity index (χ4n) is 1.99. The molecule has 1 amide bonds. The molecule has 0 fully saturated rings. The summed E-state index contributed by atoms with van der Waals surface area (Å²) in [5, 5.41) is 7.52. The molecule has 0 aliphatic carbocycles. The number of carbonyl (C=O) groups excluding carboxylic acids is 1. The van der Waals surface area contributed by atoms with Crippen LogP contribution in [-0.2, 0) is 7.05 Å². The summed E-state index contributed by atoms with van der Waals surface area (Å²) >= 11 is 0. The first-order valence-corrected chi connectivity index (χ1v) is 5.42. The Bertz CT molecular complexity index is 726. The topological polar surface area (TPSA) is 89.6 Å². The zero-order chi connectivity index (χ0) is 12.7. The standard InChI is InChI=1S/C12H11N5O/c1-17-10(11(13)18)4-7-2-3-9(16-12(7)17)8-5-14-15-6-8/h2-6H,1H3,(H2,13,18)(H,14,15). The smallest absolute Gasteiger partial charge is 0.265 e. The van der Waals surface area contributed by atoms with E-state index in [9.17, 15) is 4.79 Å². The van der Waals surface area contributed by atoms with Crippen molar-refractivity contribution < 1.29 is 4.79 Å². The average molecular weight is 241 g/mol. The van der Waals surface area contributed by atoms with Gasteiger partial charge in [0, 0.05) is 24.2 Å². The van der Waals surface area contributed by atoms with Gasteiger partial charge in [-0.25, -0.2) is 4.98 Å². The minimum atomic E-state index is -0.458. The van der Waals surface area contributed by atoms with Gasteiger partial charge in [0.2, 0.25) is 0 Å². The Hall–Kier alpha value is -2.63. The Morgan fingerprint density at radius 3 is 2.94 bits per heavy atom. The Morgan fingerprint density at radius 1 is 1.44 bits per heavy atom. The van der Waals surface area contributed by atoms with Crippen molar-refractivity contribution in [1.82, 2.24) is 19.7 Å². The van der Waals surface area contributed by atoms with Crippen LogP contribution in [0.3, 0.4) is 0 Å². The van der Waals surface area contributed by atoms with Gasteiger partial charge in [0.05, 0.1) is 11.9 Å². The molecule has 3 heterocycles. The Kier molecular flexibility index (Phi) is 2.16. The largest absolute Gasteiger partial charge is 0.364 e. The van der Waals surface area contributed by atoms with Crippen molar-refractivity contribution in [3.8, 4) is 11.3 Å². The number of rotatable bonds is 2. The number of primary amides is 1. The summed E-state index contributed by atoms with van der Waals surface area (Å²) in [6.45, 7) is 0. The lowest BCUT2D eigenvalue weighted by molar-refractivity contribution is 0.0993. The highest BCUT2D eigenvalue weighted by Gasteiger charge is 2.12. The molecule has 0 bridgehead atoms. The third-order valence-electron chi connectivity index (χ3n) is 2.92. The van der Waals surface area contributed by atoms with Gasteiger partial charge in [-0.2, -0.15) is 5.10 Å². The number of pyridine rings is 1. The second-order valence-electron chi connectivity index (χ2n) is 4.05. The fraction of sp³-hybridized carbons (Fsp3) is 0.0833. The zero-order valence-electron chi connectivity index (χ0n) is 9.71. The van der Waals surface area contributed by atoms with Gasteiger partial charge in [0.1, 0.15) is 11.3 Å². The molecule has 3 aromatic rings. The number of amides is 1. The van der Waals surface area contributed by atoms with E-state index in [1.54, 1.807) is 30.1 Å². The highest BCUT2D eigenvalue weighted by Crippen LogP contribution is 2.22. The molecule has 0 unspecified atom stereocenters. The van der Waals surface area contributed by atoms with Gasteiger partial charge < -0.3 is 10.3 Å². The summed E-state index contributed by atoms with van der Waals surface area (Å²) in [5.74, 6) is -0.458. The molecule has 6 heteroatoms. The zero-order valence-corrected chi connectivity index (χ0v) is 9.71. The fourth-order valence-corrected chi connectivity index (χ4v) is 1.99. The van der Waals surface area contributed by atoms with E-state index in [0.717, 1.165) is 22.3 Å². The van der Waals surface area contributed by atoms with Crippen molar-refractivity contribution in [2.75, 3.05) is 0 Å². The lowest BCUT2D eigenvalue weighted by Gasteiger charge is -2.01. The molecule has 0 aliphatic rings. The molecule has 90 valence electrons. The molecule has 6 nitrogen and oxygen atoms in total. The maximum absolute atomic E-state index is 11.3. The summed E-state index contributed by atoms with van der Waals surface area (Å²) in [4.78, 5) is 15.8. The van der Waals surface area contributed by atoms with Gasteiger partial charge in [-0.05, 0) is 18.2 Å². The lowest BCUT2D eigenvalue weighted by Crippen LogP contribution is -2.15. The van der Waals surface area contributed by atoms with E-state index in [2.05, 4.69) is 15.2 Å². The van der Waals surface area contributed by atoms with E-state index in [-0.39, 0.29) is 0 Å². The molecule has 0 spiro atoms. The van der Waals surface area contributed by atoms with E-state index in [0.29, 0.717) is 5.69 Å². The first-order chi connectivity index (χ1) is 8.66. The van der Waals surface area contributed by atoms with Crippen LogP contribution in [0.5, 0.6) is 0 Å². The van der Waals surface area contributed by atoms with E-state index >= 15 is 0 Å². The van der Waals surface area contributed by atoms with Crippen LogP contribution in [0.15, 0.2) is 30.6 Å². The number of carbonyl (C=O) groups is 1. The molecule has 18 heavy (non-hydrogen) atoms. The molecular formula is C12H11N5O. The third-order valence-corrected chi connectivity index (χ3v) is 2.92. The molecule has 0 radical (unpaired) electrons. The van der Waals surface area contributed by atoms with Gasteiger partial charge >= 0.3 is 0 Å². The first-order valence-electron chi connectivity index (χ1n) is 5.42.